The first kappa shape index (κ1) is 20.9. The van der Waals surface area contributed by atoms with Crippen LogP contribution in [0.4, 0.5) is 11.6 Å². The van der Waals surface area contributed by atoms with Crippen LogP contribution >= 0.6 is 0 Å². The summed E-state index contributed by atoms with van der Waals surface area (Å²) in [7, 11) is 2.00. The smallest absolute Gasteiger partial charge is 0.157 e. The maximum atomic E-state index is 9.39. The fourth-order valence-corrected chi connectivity index (χ4v) is 4.65. The van der Waals surface area contributed by atoms with Gasteiger partial charge in [-0.3, -0.25) is 4.68 Å². The quantitative estimate of drug-likeness (QED) is 0.515. The average molecular weight is 439 g/mol. The van der Waals surface area contributed by atoms with Gasteiger partial charge in [0, 0.05) is 54.8 Å². The third-order valence-electron chi connectivity index (χ3n) is 6.60. The van der Waals surface area contributed by atoms with E-state index in [1.54, 1.807) is 0 Å². The zero-order valence-electron chi connectivity index (χ0n) is 19.3. The zero-order chi connectivity index (χ0) is 23.1. The van der Waals surface area contributed by atoms with Gasteiger partial charge in [-0.15, -0.1) is 5.10 Å². The number of nitriles is 1. The number of nitrogens with one attached hydrogen (secondary N) is 1. The van der Waals surface area contributed by atoms with Crippen LogP contribution in [-0.4, -0.2) is 31.5 Å². The zero-order valence-corrected chi connectivity index (χ0v) is 19.3. The first-order valence-corrected chi connectivity index (χ1v) is 11.1. The molecule has 33 heavy (non-hydrogen) atoms. The molecule has 0 spiro atoms. The van der Waals surface area contributed by atoms with Gasteiger partial charge in [0.05, 0.1) is 29.6 Å². The van der Waals surface area contributed by atoms with Crippen LogP contribution in [0.25, 0.3) is 10.8 Å². The van der Waals surface area contributed by atoms with E-state index in [9.17, 15) is 5.26 Å². The molecule has 0 aliphatic carbocycles. The van der Waals surface area contributed by atoms with Crippen molar-refractivity contribution in [2.45, 2.75) is 39.8 Å². The molecular formula is C25H26N8. The molecule has 0 fully saturated rings. The first-order chi connectivity index (χ1) is 16.0. The number of anilines is 2. The highest BCUT2D eigenvalue weighted by Crippen LogP contribution is 2.31. The number of benzene rings is 1. The Labute approximate surface area is 192 Å². The third kappa shape index (κ3) is 3.65. The second-order valence-electron chi connectivity index (χ2n) is 8.63. The number of pyridine rings is 1. The molecule has 5 rings (SSSR count). The molecule has 1 atom stereocenters. The molecule has 1 aromatic carbocycles. The van der Waals surface area contributed by atoms with E-state index >= 15 is 0 Å². The lowest BCUT2D eigenvalue weighted by Gasteiger charge is -2.28. The summed E-state index contributed by atoms with van der Waals surface area (Å²) in [4.78, 5) is 7.04. The van der Waals surface area contributed by atoms with Gasteiger partial charge in [0.15, 0.2) is 5.82 Å². The van der Waals surface area contributed by atoms with E-state index in [0.29, 0.717) is 11.4 Å². The van der Waals surface area contributed by atoms with E-state index in [1.165, 1.54) is 11.3 Å². The van der Waals surface area contributed by atoms with Crippen LogP contribution in [0.1, 0.15) is 46.6 Å². The van der Waals surface area contributed by atoms with Gasteiger partial charge in [-0.2, -0.15) is 15.5 Å². The third-order valence-corrected chi connectivity index (χ3v) is 6.60. The van der Waals surface area contributed by atoms with Gasteiger partial charge in [-0.1, -0.05) is 12.1 Å². The van der Waals surface area contributed by atoms with E-state index < -0.39 is 0 Å². The number of fused-ring (bicyclic) bond motifs is 2. The number of nitrogens with zero attached hydrogens (tertiary/aromatic N) is 7. The molecule has 1 aliphatic heterocycles. The highest BCUT2D eigenvalue weighted by atomic mass is 15.3. The second-order valence-corrected chi connectivity index (χ2v) is 8.63. The lowest BCUT2D eigenvalue weighted by Crippen LogP contribution is -2.31. The van der Waals surface area contributed by atoms with E-state index in [4.69, 9.17) is 4.98 Å². The van der Waals surface area contributed by atoms with Crippen molar-refractivity contribution in [3.63, 3.8) is 0 Å². The van der Waals surface area contributed by atoms with Crippen LogP contribution in [0, 0.1) is 25.2 Å². The molecule has 4 aromatic rings. The van der Waals surface area contributed by atoms with Crippen molar-refractivity contribution in [1.29, 1.82) is 5.26 Å². The Morgan fingerprint density at radius 2 is 2.00 bits per heavy atom. The van der Waals surface area contributed by atoms with Crippen LogP contribution in [0.15, 0.2) is 36.7 Å². The second kappa shape index (κ2) is 8.17. The summed E-state index contributed by atoms with van der Waals surface area (Å²) < 4.78 is 1.96. The van der Waals surface area contributed by atoms with Gasteiger partial charge < -0.3 is 10.2 Å². The summed E-state index contributed by atoms with van der Waals surface area (Å²) in [5.74, 6) is 1.63. The van der Waals surface area contributed by atoms with Gasteiger partial charge in [-0.25, -0.2) is 4.98 Å². The van der Waals surface area contributed by atoms with Crippen molar-refractivity contribution >= 4 is 22.4 Å². The Hall–Kier alpha value is -3.99. The standard InChI is InChI=1S/C25H26N8/c1-15-18(11-26)6-5-7-20(15)16(2)29-25-21-10-24(27-13-22(21)17(3)30-31-25)33-9-8-23-19(14-33)12-28-32(23)4/h5-7,10,12-13,16H,8-9,14H2,1-4H3,(H,29,31)/t16-/m1/s1. The molecule has 166 valence electrons. The lowest BCUT2D eigenvalue weighted by molar-refractivity contribution is 0.652. The van der Waals surface area contributed by atoms with Gasteiger partial charge in [0.1, 0.15) is 5.82 Å². The molecule has 3 aromatic heterocycles. The molecule has 1 aliphatic rings. The maximum absolute atomic E-state index is 9.39. The van der Waals surface area contributed by atoms with E-state index in [1.807, 2.05) is 56.2 Å². The number of aryl methyl sites for hydroxylation is 2. The van der Waals surface area contributed by atoms with Crippen molar-refractivity contribution in [2.75, 3.05) is 16.8 Å². The van der Waals surface area contributed by atoms with Crippen LogP contribution in [-0.2, 0) is 20.0 Å². The van der Waals surface area contributed by atoms with Gasteiger partial charge in [0.25, 0.3) is 0 Å². The monoisotopic (exact) mass is 438 g/mol. The molecule has 4 heterocycles. The molecule has 8 nitrogen and oxygen atoms in total. The summed E-state index contributed by atoms with van der Waals surface area (Å²) in [5.41, 5.74) is 6.12. The first-order valence-electron chi connectivity index (χ1n) is 11.1. The molecule has 0 saturated carbocycles. The van der Waals surface area contributed by atoms with Gasteiger partial charge in [0.2, 0.25) is 0 Å². The molecular weight excluding hydrogens is 412 g/mol. The topological polar surface area (TPSA) is 95.6 Å². The Morgan fingerprint density at radius 1 is 1.15 bits per heavy atom. The minimum Gasteiger partial charge on any atom is -0.362 e. The van der Waals surface area contributed by atoms with Crippen molar-refractivity contribution in [3.05, 3.63) is 70.3 Å². The predicted octanol–water partition coefficient (Wildman–Crippen LogP) is 3.98. The summed E-state index contributed by atoms with van der Waals surface area (Å²) >= 11 is 0. The van der Waals surface area contributed by atoms with Gasteiger partial charge >= 0.3 is 0 Å². The minimum atomic E-state index is -0.0388. The van der Waals surface area contributed by atoms with E-state index in [0.717, 1.165) is 52.9 Å². The Bertz CT molecular complexity index is 1400. The summed E-state index contributed by atoms with van der Waals surface area (Å²) in [6, 6.07) is 10.1. The minimum absolute atomic E-state index is 0.0388. The Balaban J connectivity index is 1.50. The van der Waals surface area contributed by atoms with E-state index in [-0.39, 0.29) is 6.04 Å². The molecule has 0 amide bonds. The fourth-order valence-electron chi connectivity index (χ4n) is 4.65. The summed E-state index contributed by atoms with van der Waals surface area (Å²) in [6.45, 7) is 7.69. The number of hydrogen-bond donors (Lipinski definition) is 1. The van der Waals surface area contributed by atoms with Crippen LogP contribution in [0.3, 0.4) is 0 Å². The molecule has 0 saturated heterocycles. The van der Waals surface area contributed by atoms with Crippen LogP contribution in [0.5, 0.6) is 0 Å². The average Bonchev–Trinajstić information content (AvgIpc) is 3.20. The van der Waals surface area contributed by atoms with E-state index in [2.05, 4.69) is 44.6 Å². The van der Waals surface area contributed by atoms with Crippen molar-refractivity contribution in [2.24, 2.45) is 7.05 Å². The molecule has 8 heteroatoms. The fraction of sp³-hybridized carbons (Fsp3) is 0.320. The molecule has 0 bridgehead atoms. The Morgan fingerprint density at radius 3 is 2.82 bits per heavy atom. The number of hydrogen-bond acceptors (Lipinski definition) is 7. The molecule has 0 unspecified atom stereocenters. The molecule has 1 N–H and O–H groups in total. The highest BCUT2D eigenvalue weighted by molar-refractivity contribution is 5.94. The van der Waals surface area contributed by atoms with Crippen LogP contribution < -0.4 is 10.2 Å². The normalized spacial score (nSPS) is 14.1. The lowest BCUT2D eigenvalue weighted by atomic mass is 9.98. The van der Waals surface area contributed by atoms with Crippen LogP contribution in [0.2, 0.25) is 0 Å². The van der Waals surface area contributed by atoms with Gasteiger partial charge in [-0.05, 0) is 44.0 Å². The van der Waals surface area contributed by atoms with Crippen molar-refractivity contribution in [1.82, 2.24) is 25.0 Å². The molecule has 0 radical (unpaired) electrons. The van der Waals surface area contributed by atoms with Crippen molar-refractivity contribution in [3.8, 4) is 6.07 Å². The Kier molecular flexibility index (Phi) is 5.17. The SMILES string of the molecule is Cc1c(C#N)cccc1[C@@H](C)Nc1nnc(C)c2cnc(N3CCc4c(cnn4C)C3)cc12. The van der Waals surface area contributed by atoms with Crippen molar-refractivity contribution < 1.29 is 0 Å². The number of rotatable bonds is 4. The summed E-state index contributed by atoms with van der Waals surface area (Å²) in [6.07, 6.45) is 4.78. The number of aromatic nitrogens is 5. The maximum Gasteiger partial charge on any atom is 0.157 e. The summed E-state index contributed by atoms with van der Waals surface area (Å²) in [5, 5.41) is 28.1. The largest absolute Gasteiger partial charge is 0.362 e. The predicted molar refractivity (Wildman–Crippen MR) is 128 cm³/mol. The highest BCUT2D eigenvalue weighted by Gasteiger charge is 2.22.